The van der Waals surface area contributed by atoms with E-state index in [1.165, 1.54) is 12.1 Å². The number of rotatable bonds is 8. The Kier molecular flexibility index (Phi) is 7.42. The predicted molar refractivity (Wildman–Crippen MR) is 98.5 cm³/mol. The Labute approximate surface area is 146 Å². The van der Waals surface area contributed by atoms with Gasteiger partial charge in [0, 0.05) is 17.1 Å². The number of carbonyl (C=O) groups is 1. The molecule has 0 aliphatic heterocycles. The van der Waals surface area contributed by atoms with E-state index in [2.05, 4.69) is 17.0 Å². The molecule has 136 valence electrons. The molecule has 0 radical (unpaired) electrons. The summed E-state index contributed by atoms with van der Waals surface area (Å²) in [5, 5.41) is 2.87. The van der Waals surface area contributed by atoms with Gasteiger partial charge in [-0.3, -0.25) is 4.79 Å². The van der Waals surface area contributed by atoms with E-state index in [0.29, 0.717) is 5.69 Å². The first-order valence-electron chi connectivity index (χ1n) is 8.54. The Hall–Kier alpha value is -1.40. The fourth-order valence-corrected chi connectivity index (χ4v) is 3.81. The maximum Gasteiger partial charge on any atom is 0.241 e. The van der Waals surface area contributed by atoms with E-state index in [9.17, 15) is 13.2 Å². The highest BCUT2D eigenvalue weighted by Gasteiger charge is 2.22. The molecule has 1 amide bonds. The van der Waals surface area contributed by atoms with Crippen LogP contribution in [-0.4, -0.2) is 19.9 Å². The Morgan fingerprint density at radius 3 is 2.17 bits per heavy atom. The summed E-state index contributed by atoms with van der Waals surface area (Å²) in [5.74, 6) is -0.00899. The first kappa shape index (κ1) is 20.6. The standard InChI is InChI=1S/C18H30N2O3S/c1-6-8-9-14(7-2)17(21)19-15-10-12-16(13-11-15)24(22,23)20-18(3,4)5/h10-14,20H,6-9H2,1-5H3,(H,19,21)/t14-/m1/s1. The van der Waals surface area contributed by atoms with Gasteiger partial charge in [0.15, 0.2) is 0 Å². The Balaban J connectivity index is 2.79. The summed E-state index contributed by atoms with van der Waals surface area (Å²) in [6.45, 7) is 9.49. The number of sulfonamides is 1. The number of anilines is 1. The highest BCUT2D eigenvalue weighted by molar-refractivity contribution is 7.89. The molecule has 0 fully saturated rings. The minimum Gasteiger partial charge on any atom is -0.326 e. The molecule has 6 heteroatoms. The van der Waals surface area contributed by atoms with Crippen molar-refractivity contribution in [2.75, 3.05) is 5.32 Å². The van der Waals surface area contributed by atoms with Gasteiger partial charge >= 0.3 is 0 Å². The van der Waals surface area contributed by atoms with Gasteiger partial charge in [0.25, 0.3) is 0 Å². The Morgan fingerprint density at radius 2 is 1.71 bits per heavy atom. The van der Waals surface area contributed by atoms with Crippen LogP contribution in [0.4, 0.5) is 5.69 Å². The molecule has 0 aliphatic rings. The quantitative estimate of drug-likeness (QED) is 0.743. The summed E-state index contributed by atoms with van der Waals surface area (Å²) in [6, 6.07) is 6.27. The van der Waals surface area contributed by atoms with Crippen LogP contribution in [0.3, 0.4) is 0 Å². The first-order valence-corrected chi connectivity index (χ1v) is 10.0. The largest absolute Gasteiger partial charge is 0.326 e. The van der Waals surface area contributed by atoms with Crippen molar-refractivity contribution in [2.24, 2.45) is 5.92 Å². The molecule has 5 nitrogen and oxygen atoms in total. The zero-order chi connectivity index (χ0) is 18.4. The predicted octanol–water partition coefficient (Wildman–Crippen LogP) is 3.92. The van der Waals surface area contributed by atoms with E-state index in [-0.39, 0.29) is 16.7 Å². The van der Waals surface area contributed by atoms with Crippen LogP contribution in [0.2, 0.25) is 0 Å². The minimum absolute atomic E-state index is 0.00378. The second kappa shape index (κ2) is 8.62. The number of hydrogen-bond donors (Lipinski definition) is 2. The summed E-state index contributed by atoms with van der Waals surface area (Å²) in [6.07, 6.45) is 3.77. The van der Waals surface area contributed by atoms with Crippen molar-refractivity contribution in [2.45, 2.75) is 70.7 Å². The van der Waals surface area contributed by atoms with E-state index in [0.717, 1.165) is 25.7 Å². The lowest BCUT2D eigenvalue weighted by Gasteiger charge is -2.20. The first-order chi connectivity index (χ1) is 11.1. The van der Waals surface area contributed by atoms with E-state index in [4.69, 9.17) is 0 Å². The average Bonchev–Trinajstić information content (AvgIpc) is 2.46. The van der Waals surface area contributed by atoms with Crippen LogP contribution in [0.1, 0.15) is 60.3 Å². The van der Waals surface area contributed by atoms with Gasteiger partial charge in [-0.05, 0) is 57.9 Å². The second-order valence-corrected chi connectivity index (χ2v) is 8.80. The molecule has 0 saturated carbocycles. The van der Waals surface area contributed by atoms with E-state index >= 15 is 0 Å². The van der Waals surface area contributed by atoms with Gasteiger partial charge in [-0.2, -0.15) is 0 Å². The zero-order valence-electron chi connectivity index (χ0n) is 15.3. The van der Waals surface area contributed by atoms with Gasteiger partial charge in [0.2, 0.25) is 15.9 Å². The summed E-state index contributed by atoms with van der Waals surface area (Å²) in [7, 11) is -3.56. The van der Waals surface area contributed by atoms with Crippen molar-refractivity contribution in [1.82, 2.24) is 4.72 Å². The van der Waals surface area contributed by atoms with Crippen molar-refractivity contribution in [3.05, 3.63) is 24.3 Å². The molecular weight excluding hydrogens is 324 g/mol. The summed E-state index contributed by atoms with van der Waals surface area (Å²) < 4.78 is 27.1. The summed E-state index contributed by atoms with van der Waals surface area (Å²) in [4.78, 5) is 12.5. The van der Waals surface area contributed by atoms with Gasteiger partial charge in [-0.15, -0.1) is 0 Å². The number of carbonyl (C=O) groups excluding carboxylic acids is 1. The summed E-state index contributed by atoms with van der Waals surface area (Å²) >= 11 is 0. The van der Waals surface area contributed by atoms with Crippen molar-refractivity contribution in [3.8, 4) is 0 Å². The van der Waals surface area contributed by atoms with Gasteiger partial charge in [-0.1, -0.05) is 26.7 Å². The van der Waals surface area contributed by atoms with Crippen LogP contribution in [0.15, 0.2) is 29.2 Å². The molecule has 0 unspecified atom stereocenters. The van der Waals surface area contributed by atoms with Crippen LogP contribution in [0, 0.1) is 5.92 Å². The topological polar surface area (TPSA) is 75.3 Å². The molecule has 1 rings (SSSR count). The molecule has 2 N–H and O–H groups in total. The van der Waals surface area contributed by atoms with Crippen LogP contribution >= 0.6 is 0 Å². The Morgan fingerprint density at radius 1 is 1.12 bits per heavy atom. The molecular formula is C18H30N2O3S. The van der Waals surface area contributed by atoms with Crippen molar-refractivity contribution < 1.29 is 13.2 Å². The van der Waals surface area contributed by atoms with Crippen molar-refractivity contribution >= 4 is 21.6 Å². The maximum atomic E-state index is 12.3. The van der Waals surface area contributed by atoms with E-state index in [1.54, 1.807) is 32.9 Å². The lowest BCUT2D eigenvalue weighted by atomic mass is 9.98. The third-order valence-corrected chi connectivity index (χ3v) is 5.42. The molecule has 0 aromatic heterocycles. The van der Waals surface area contributed by atoms with Crippen LogP contribution < -0.4 is 10.0 Å². The number of amides is 1. The van der Waals surface area contributed by atoms with E-state index in [1.807, 2.05) is 6.92 Å². The molecule has 0 spiro atoms. The van der Waals surface area contributed by atoms with Gasteiger partial charge in [0.05, 0.1) is 4.90 Å². The maximum absolute atomic E-state index is 12.3. The molecule has 0 heterocycles. The normalized spacial score (nSPS) is 13.5. The molecule has 0 aliphatic carbocycles. The average molecular weight is 355 g/mol. The fourth-order valence-electron chi connectivity index (χ4n) is 2.39. The number of unbranched alkanes of at least 4 members (excludes halogenated alkanes) is 1. The van der Waals surface area contributed by atoms with Crippen molar-refractivity contribution in [3.63, 3.8) is 0 Å². The molecule has 1 aromatic rings. The molecule has 24 heavy (non-hydrogen) atoms. The SMILES string of the molecule is CCCC[C@@H](CC)C(=O)Nc1ccc(S(=O)(=O)NC(C)(C)C)cc1. The van der Waals surface area contributed by atoms with E-state index < -0.39 is 15.6 Å². The molecule has 0 bridgehead atoms. The van der Waals surface area contributed by atoms with Crippen LogP contribution in [0.5, 0.6) is 0 Å². The Bertz CT molecular complexity index is 631. The fraction of sp³-hybridized carbons (Fsp3) is 0.611. The smallest absolute Gasteiger partial charge is 0.241 e. The third-order valence-electron chi connectivity index (χ3n) is 3.64. The molecule has 0 saturated heterocycles. The minimum atomic E-state index is -3.56. The van der Waals surface area contributed by atoms with Gasteiger partial charge < -0.3 is 5.32 Å². The lowest BCUT2D eigenvalue weighted by molar-refractivity contribution is -0.120. The number of nitrogens with one attached hydrogen (secondary N) is 2. The van der Waals surface area contributed by atoms with Crippen LogP contribution in [0.25, 0.3) is 0 Å². The second-order valence-electron chi connectivity index (χ2n) is 7.12. The highest BCUT2D eigenvalue weighted by atomic mass is 32.2. The molecule has 1 aromatic carbocycles. The third kappa shape index (κ3) is 6.61. The van der Waals surface area contributed by atoms with Crippen LogP contribution in [-0.2, 0) is 14.8 Å². The summed E-state index contributed by atoms with van der Waals surface area (Å²) in [5.41, 5.74) is 0.0731. The lowest BCUT2D eigenvalue weighted by Crippen LogP contribution is -2.40. The number of hydrogen-bond acceptors (Lipinski definition) is 3. The highest BCUT2D eigenvalue weighted by Crippen LogP contribution is 2.19. The van der Waals surface area contributed by atoms with Crippen molar-refractivity contribution in [1.29, 1.82) is 0 Å². The zero-order valence-corrected chi connectivity index (χ0v) is 16.2. The molecule has 1 atom stereocenters. The van der Waals surface area contributed by atoms with Gasteiger partial charge in [-0.25, -0.2) is 13.1 Å². The van der Waals surface area contributed by atoms with Gasteiger partial charge in [0.1, 0.15) is 0 Å². The number of benzene rings is 1. The monoisotopic (exact) mass is 354 g/mol.